The Hall–Kier alpha value is -1.63. The van der Waals surface area contributed by atoms with Gasteiger partial charge in [-0.2, -0.15) is 0 Å². The van der Waals surface area contributed by atoms with Crippen LogP contribution in [0.1, 0.15) is 32.1 Å². The monoisotopic (exact) mass is 246 g/mol. The van der Waals surface area contributed by atoms with Crippen LogP contribution in [0.3, 0.4) is 0 Å². The average molecular weight is 246 g/mol. The summed E-state index contributed by atoms with van der Waals surface area (Å²) < 4.78 is 0. The predicted molar refractivity (Wildman–Crippen MR) is 59.3 cm³/mol. The van der Waals surface area contributed by atoms with E-state index in [0.29, 0.717) is 25.8 Å². The molecule has 1 unspecified atom stereocenters. The SMILES string of the molecule is NC(CCCNC(=O)CCCC(=O)O)C(=O)O. The third-order valence-electron chi connectivity index (χ3n) is 2.13. The fourth-order valence-corrected chi connectivity index (χ4v) is 1.16. The second kappa shape index (κ2) is 8.51. The minimum Gasteiger partial charge on any atom is -0.481 e. The number of nitrogens with two attached hydrogens (primary N) is 1. The highest BCUT2D eigenvalue weighted by atomic mass is 16.4. The molecule has 0 radical (unpaired) electrons. The number of carboxylic acid groups (broad SMARTS) is 2. The molecule has 5 N–H and O–H groups in total. The van der Waals surface area contributed by atoms with Gasteiger partial charge in [0.2, 0.25) is 5.91 Å². The molecule has 1 amide bonds. The molecule has 0 saturated carbocycles. The zero-order valence-corrected chi connectivity index (χ0v) is 9.52. The van der Waals surface area contributed by atoms with Crippen LogP contribution in [0.5, 0.6) is 0 Å². The summed E-state index contributed by atoms with van der Waals surface area (Å²) in [4.78, 5) is 31.7. The second-order valence-corrected chi connectivity index (χ2v) is 3.68. The Morgan fingerprint density at radius 3 is 2.29 bits per heavy atom. The van der Waals surface area contributed by atoms with Crippen molar-refractivity contribution in [2.24, 2.45) is 5.73 Å². The van der Waals surface area contributed by atoms with Crippen LogP contribution < -0.4 is 11.1 Å². The Morgan fingerprint density at radius 1 is 1.12 bits per heavy atom. The molecule has 0 aromatic heterocycles. The molecule has 7 nitrogen and oxygen atoms in total. The summed E-state index contributed by atoms with van der Waals surface area (Å²) in [7, 11) is 0. The Labute approximate surface area is 99.0 Å². The van der Waals surface area contributed by atoms with E-state index in [1.54, 1.807) is 0 Å². The van der Waals surface area contributed by atoms with E-state index >= 15 is 0 Å². The van der Waals surface area contributed by atoms with Crippen molar-refractivity contribution in [1.29, 1.82) is 0 Å². The highest BCUT2D eigenvalue weighted by Crippen LogP contribution is 1.96. The lowest BCUT2D eigenvalue weighted by Crippen LogP contribution is -2.32. The zero-order valence-electron chi connectivity index (χ0n) is 9.52. The molecule has 7 heteroatoms. The number of nitrogens with one attached hydrogen (secondary N) is 1. The van der Waals surface area contributed by atoms with Crippen molar-refractivity contribution < 1.29 is 24.6 Å². The van der Waals surface area contributed by atoms with Gasteiger partial charge in [-0.05, 0) is 19.3 Å². The molecule has 98 valence electrons. The molecule has 0 aromatic carbocycles. The van der Waals surface area contributed by atoms with E-state index in [0.717, 1.165) is 0 Å². The van der Waals surface area contributed by atoms with Crippen LogP contribution in [-0.2, 0) is 14.4 Å². The first-order chi connectivity index (χ1) is 7.93. The van der Waals surface area contributed by atoms with Gasteiger partial charge in [-0.15, -0.1) is 0 Å². The minimum atomic E-state index is -1.06. The minimum absolute atomic E-state index is 0.0304. The standard InChI is InChI=1S/C10H18N2O5/c11-7(10(16)17)3-2-6-12-8(13)4-1-5-9(14)15/h7H,1-6,11H2,(H,12,13)(H,14,15)(H,16,17). The fourth-order valence-electron chi connectivity index (χ4n) is 1.16. The molecular formula is C10H18N2O5. The van der Waals surface area contributed by atoms with Gasteiger partial charge in [-0.25, -0.2) is 0 Å². The number of hydrogen-bond acceptors (Lipinski definition) is 4. The molecular weight excluding hydrogens is 228 g/mol. The summed E-state index contributed by atoms with van der Waals surface area (Å²) in [5, 5.41) is 19.4. The van der Waals surface area contributed by atoms with E-state index in [1.807, 2.05) is 0 Å². The first-order valence-corrected chi connectivity index (χ1v) is 5.40. The van der Waals surface area contributed by atoms with Crippen molar-refractivity contribution in [3.63, 3.8) is 0 Å². The van der Waals surface area contributed by atoms with Crippen molar-refractivity contribution >= 4 is 17.8 Å². The van der Waals surface area contributed by atoms with E-state index in [1.165, 1.54) is 0 Å². The molecule has 0 heterocycles. The molecule has 17 heavy (non-hydrogen) atoms. The van der Waals surface area contributed by atoms with Crippen LogP contribution in [0.25, 0.3) is 0 Å². The number of carbonyl (C=O) groups excluding carboxylic acids is 1. The number of amides is 1. The number of aliphatic carboxylic acids is 2. The van der Waals surface area contributed by atoms with Gasteiger partial charge in [0.15, 0.2) is 0 Å². The summed E-state index contributed by atoms with van der Waals surface area (Å²) >= 11 is 0. The van der Waals surface area contributed by atoms with Crippen LogP contribution in [0.4, 0.5) is 0 Å². The lowest BCUT2D eigenvalue weighted by atomic mass is 10.1. The molecule has 0 spiro atoms. The van der Waals surface area contributed by atoms with Crippen LogP contribution in [0, 0.1) is 0 Å². The van der Waals surface area contributed by atoms with Crippen LogP contribution in [0.15, 0.2) is 0 Å². The molecule has 0 rings (SSSR count). The van der Waals surface area contributed by atoms with Gasteiger partial charge < -0.3 is 21.3 Å². The van der Waals surface area contributed by atoms with Gasteiger partial charge in [-0.3, -0.25) is 14.4 Å². The van der Waals surface area contributed by atoms with E-state index < -0.39 is 18.0 Å². The number of carbonyl (C=O) groups is 3. The smallest absolute Gasteiger partial charge is 0.320 e. The molecule has 0 aliphatic carbocycles. The topological polar surface area (TPSA) is 130 Å². The van der Waals surface area contributed by atoms with Gasteiger partial charge in [0, 0.05) is 19.4 Å². The Morgan fingerprint density at radius 2 is 1.76 bits per heavy atom. The van der Waals surface area contributed by atoms with E-state index in [9.17, 15) is 14.4 Å². The number of rotatable bonds is 9. The van der Waals surface area contributed by atoms with Gasteiger partial charge in [0.1, 0.15) is 6.04 Å². The Bertz CT molecular complexity index is 280. The maximum atomic E-state index is 11.2. The van der Waals surface area contributed by atoms with E-state index in [2.05, 4.69) is 5.32 Å². The highest BCUT2D eigenvalue weighted by Gasteiger charge is 2.10. The van der Waals surface area contributed by atoms with Gasteiger partial charge >= 0.3 is 11.9 Å². The second-order valence-electron chi connectivity index (χ2n) is 3.68. The van der Waals surface area contributed by atoms with E-state index in [-0.39, 0.29) is 18.7 Å². The average Bonchev–Trinajstić information content (AvgIpc) is 2.23. The molecule has 0 bridgehead atoms. The third kappa shape index (κ3) is 9.31. The van der Waals surface area contributed by atoms with Crippen LogP contribution in [-0.4, -0.2) is 40.6 Å². The Kier molecular flexibility index (Phi) is 7.70. The highest BCUT2D eigenvalue weighted by molar-refractivity contribution is 5.76. The third-order valence-corrected chi connectivity index (χ3v) is 2.13. The van der Waals surface area contributed by atoms with Crippen LogP contribution >= 0.6 is 0 Å². The van der Waals surface area contributed by atoms with Crippen LogP contribution in [0.2, 0.25) is 0 Å². The van der Waals surface area contributed by atoms with Gasteiger partial charge in [-0.1, -0.05) is 0 Å². The molecule has 0 aromatic rings. The van der Waals surface area contributed by atoms with E-state index in [4.69, 9.17) is 15.9 Å². The maximum Gasteiger partial charge on any atom is 0.320 e. The summed E-state index contributed by atoms with van der Waals surface area (Å²) in [6, 6.07) is -0.904. The van der Waals surface area contributed by atoms with Crippen molar-refractivity contribution in [3.8, 4) is 0 Å². The van der Waals surface area contributed by atoms with Crippen molar-refractivity contribution in [1.82, 2.24) is 5.32 Å². The molecule has 0 saturated heterocycles. The fraction of sp³-hybridized carbons (Fsp3) is 0.700. The summed E-state index contributed by atoms with van der Waals surface area (Å²) in [6.07, 6.45) is 1.22. The summed E-state index contributed by atoms with van der Waals surface area (Å²) in [5.41, 5.74) is 5.27. The summed E-state index contributed by atoms with van der Waals surface area (Å²) in [6.45, 7) is 0.354. The molecule has 0 fully saturated rings. The summed E-state index contributed by atoms with van der Waals surface area (Å²) in [5.74, 6) is -2.21. The normalized spacial score (nSPS) is 11.8. The van der Waals surface area contributed by atoms with Gasteiger partial charge in [0.05, 0.1) is 0 Å². The first-order valence-electron chi connectivity index (χ1n) is 5.40. The Balaban J connectivity index is 3.45. The van der Waals surface area contributed by atoms with Gasteiger partial charge in [0.25, 0.3) is 0 Å². The number of hydrogen-bond donors (Lipinski definition) is 4. The lowest BCUT2D eigenvalue weighted by molar-refractivity contribution is -0.139. The van der Waals surface area contributed by atoms with Crippen molar-refractivity contribution in [2.45, 2.75) is 38.1 Å². The zero-order chi connectivity index (χ0) is 13.3. The molecule has 1 atom stereocenters. The first kappa shape index (κ1) is 15.4. The number of carboxylic acids is 2. The largest absolute Gasteiger partial charge is 0.481 e. The molecule has 0 aliphatic heterocycles. The lowest BCUT2D eigenvalue weighted by Gasteiger charge is -2.07. The maximum absolute atomic E-state index is 11.2. The van der Waals surface area contributed by atoms with Crippen molar-refractivity contribution in [2.75, 3.05) is 6.54 Å². The predicted octanol–water partition coefficient (Wildman–Crippen LogP) is -0.450. The molecule has 0 aliphatic rings. The quantitative estimate of drug-likeness (QED) is 0.408. The van der Waals surface area contributed by atoms with Crippen molar-refractivity contribution in [3.05, 3.63) is 0 Å².